The van der Waals surface area contributed by atoms with Gasteiger partial charge in [0.05, 0.1) is 14.2 Å². The largest absolute Gasteiger partial charge is 0.496 e. The van der Waals surface area contributed by atoms with E-state index in [-0.39, 0.29) is 0 Å². The van der Waals surface area contributed by atoms with Crippen LogP contribution >= 0.6 is 11.6 Å². The van der Waals surface area contributed by atoms with Gasteiger partial charge in [0.15, 0.2) is 0 Å². The number of hydrogen-bond acceptors (Lipinski definition) is 4. The Morgan fingerprint density at radius 1 is 1.39 bits per heavy atom. The summed E-state index contributed by atoms with van der Waals surface area (Å²) in [6.07, 6.45) is 0.482. The Bertz CT molecular complexity index is 476. The van der Waals surface area contributed by atoms with Crippen molar-refractivity contribution in [3.05, 3.63) is 29.8 Å². The van der Waals surface area contributed by atoms with Gasteiger partial charge in [-0.3, -0.25) is 0 Å². The maximum absolute atomic E-state index is 11.5. The van der Waals surface area contributed by atoms with Gasteiger partial charge in [-0.05, 0) is 18.6 Å². The molecule has 98 valence electrons. The smallest absolute Gasteiger partial charge is 0.357 e. The molecule has 1 aromatic carbocycles. The normalized spacial score (nSPS) is 29.8. The van der Waals surface area contributed by atoms with Crippen LogP contribution in [-0.4, -0.2) is 30.9 Å². The number of carbonyl (C=O) groups excluding carboxylic acids is 1. The summed E-state index contributed by atoms with van der Waals surface area (Å²) in [5.74, 6) is 0.180. The van der Waals surface area contributed by atoms with Crippen molar-refractivity contribution in [2.75, 3.05) is 14.2 Å². The van der Waals surface area contributed by atoms with Crippen LogP contribution in [0.1, 0.15) is 12.5 Å². The van der Waals surface area contributed by atoms with Gasteiger partial charge in [-0.15, -0.1) is 0 Å². The first-order chi connectivity index (χ1) is 8.47. The number of para-hydroxylation sites is 1. The molecule has 0 N–H and O–H groups in total. The third-order valence-electron chi connectivity index (χ3n) is 3.17. The van der Waals surface area contributed by atoms with E-state index in [0.717, 1.165) is 11.3 Å². The minimum absolute atomic E-state index is 0.482. The summed E-state index contributed by atoms with van der Waals surface area (Å²) in [5.41, 5.74) is 0.171. The Hall–Kier alpha value is -1.26. The van der Waals surface area contributed by atoms with Gasteiger partial charge in [-0.25, -0.2) is 4.79 Å². The van der Waals surface area contributed by atoms with Gasteiger partial charge in [-0.2, -0.15) is 0 Å². The predicted molar refractivity (Wildman–Crippen MR) is 66.8 cm³/mol. The number of methoxy groups -OCH3 is 2. The molecule has 0 aromatic heterocycles. The lowest BCUT2D eigenvalue weighted by Gasteiger charge is -2.12. The maximum atomic E-state index is 11.5. The van der Waals surface area contributed by atoms with E-state index in [1.807, 2.05) is 24.3 Å². The molecule has 1 fully saturated rings. The Morgan fingerprint density at radius 3 is 2.67 bits per heavy atom. The molecule has 1 aliphatic heterocycles. The van der Waals surface area contributed by atoms with E-state index in [0.29, 0.717) is 6.42 Å². The molecule has 18 heavy (non-hydrogen) atoms. The number of carbonyl (C=O) groups is 1. The molecule has 1 aliphatic rings. The summed E-state index contributed by atoms with van der Waals surface area (Å²) < 4.78 is 15.3. The average molecular weight is 271 g/mol. The Kier molecular flexibility index (Phi) is 3.25. The molecule has 2 unspecified atom stereocenters. The van der Waals surface area contributed by atoms with E-state index in [4.69, 9.17) is 21.1 Å². The summed E-state index contributed by atoms with van der Waals surface area (Å²) in [6.45, 7) is 1.78. The van der Waals surface area contributed by atoms with Gasteiger partial charge in [0.1, 0.15) is 11.4 Å². The van der Waals surface area contributed by atoms with E-state index in [1.54, 1.807) is 14.0 Å². The zero-order chi connectivity index (χ0) is 13.4. The molecular formula is C13H15ClO4. The fourth-order valence-electron chi connectivity index (χ4n) is 2.04. The van der Waals surface area contributed by atoms with Gasteiger partial charge in [-0.1, -0.05) is 29.8 Å². The van der Waals surface area contributed by atoms with Gasteiger partial charge in [0.25, 0.3) is 5.06 Å². The van der Waals surface area contributed by atoms with Crippen molar-refractivity contribution in [3.63, 3.8) is 0 Å². The second-order valence-electron chi connectivity index (χ2n) is 4.41. The molecule has 0 aliphatic carbocycles. The zero-order valence-corrected chi connectivity index (χ0v) is 11.3. The molecule has 0 amide bonds. The highest BCUT2D eigenvalue weighted by molar-refractivity contribution is 6.35. The zero-order valence-electron chi connectivity index (χ0n) is 10.5. The van der Waals surface area contributed by atoms with Crippen LogP contribution in [0.2, 0.25) is 0 Å². The highest BCUT2D eigenvalue weighted by Gasteiger charge is 2.72. The Labute approximate surface area is 111 Å². The van der Waals surface area contributed by atoms with Crippen molar-refractivity contribution in [2.24, 2.45) is 0 Å². The highest BCUT2D eigenvalue weighted by atomic mass is 35.5. The number of alkyl halides is 1. The van der Waals surface area contributed by atoms with Gasteiger partial charge in [0, 0.05) is 6.42 Å². The van der Waals surface area contributed by atoms with Crippen molar-refractivity contribution >= 4 is 17.6 Å². The lowest BCUT2D eigenvalue weighted by atomic mass is 9.96. The van der Waals surface area contributed by atoms with Crippen LogP contribution in [0.4, 0.5) is 0 Å². The third kappa shape index (κ3) is 1.95. The fraction of sp³-hybridized carbons (Fsp3) is 0.462. The number of epoxide rings is 1. The summed E-state index contributed by atoms with van der Waals surface area (Å²) in [5, 5.41) is -1.39. The molecule has 0 saturated carbocycles. The summed E-state index contributed by atoms with van der Waals surface area (Å²) >= 11 is 6.11. The molecule has 0 spiro atoms. The molecule has 4 nitrogen and oxygen atoms in total. The lowest BCUT2D eigenvalue weighted by Crippen LogP contribution is -2.29. The number of rotatable bonds is 4. The first-order valence-electron chi connectivity index (χ1n) is 5.56. The monoisotopic (exact) mass is 270 g/mol. The summed E-state index contributed by atoms with van der Waals surface area (Å²) in [7, 11) is 2.89. The van der Waals surface area contributed by atoms with E-state index in [2.05, 4.69) is 4.74 Å². The Morgan fingerprint density at radius 2 is 2.06 bits per heavy atom. The van der Waals surface area contributed by atoms with Gasteiger partial charge < -0.3 is 14.2 Å². The molecule has 5 heteroatoms. The first-order valence-corrected chi connectivity index (χ1v) is 5.94. The molecule has 1 saturated heterocycles. The van der Waals surface area contributed by atoms with Crippen molar-refractivity contribution in [1.29, 1.82) is 0 Å². The fourth-order valence-corrected chi connectivity index (χ4v) is 2.35. The SMILES string of the molecule is COC(=O)C1(Cl)OC1(C)Cc1ccccc1OC. The number of esters is 1. The first kappa shape index (κ1) is 13.2. The van der Waals surface area contributed by atoms with E-state index in [1.165, 1.54) is 7.11 Å². The molecule has 2 rings (SSSR count). The van der Waals surface area contributed by atoms with Crippen molar-refractivity contribution in [1.82, 2.24) is 0 Å². The second kappa shape index (κ2) is 4.44. The second-order valence-corrected chi connectivity index (χ2v) is 4.94. The third-order valence-corrected chi connectivity index (χ3v) is 3.80. The molecule has 0 radical (unpaired) electrons. The van der Waals surface area contributed by atoms with Crippen LogP contribution in [0.25, 0.3) is 0 Å². The lowest BCUT2D eigenvalue weighted by molar-refractivity contribution is -0.143. The predicted octanol–water partition coefficient (Wildman–Crippen LogP) is 2.13. The molecular weight excluding hydrogens is 256 g/mol. The average Bonchev–Trinajstić information content (AvgIpc) is 2.92. The summed E-state index contributed by atoms with van der Waals surface area (Å²) in [6, 6.07) is 7.56. The van der Waals surface area contributed by atoms with E-state index < -0.39 is 16.6 Å². The molecule has 2 atom stereocenters. The summed E-state index contributed by atoms with van der Waals surface area (Å²) in [4.78, 5) is 11.5. The van der Waals surface area contributed by atoms with Gasteiger partial charge >= 0.3 is 5.97 Å². The van der Waals surface area contributed by atoms with Crippen LogP contribution in [0.5, 0.6) is 5.75 Å². The number of halogens is 1. The van der Waals surface area contributed by atoms with Crippen molar-refractivity contribution in [2.45, 2.75) is 24.0 Å². The maximum Gasteiger partial charge on any atom is 0.357 e. The van der Waals surface area contributed by atoms with Crippen LogP contribution in [0.3, 0.4) is 0 Å². The van der Waals surface area contributed by atoms with Crippen LogP contribution in [-0.2, 0) is 20.7 Å². The van der Waals surface area contributed by atoms with Crippen molar-refractivity contribution < 1.29 is 19.0 Å². The van der Waals surface area contributed by atoms with Crippen LogP contribution in [0.15, 0.2) is 24.3 Å². The van der Waals surface area contributed by atoms with Crippen molar-refractivity contribution in [3.8, 4) is 5.75 Å². The minimum Gasteiger partial charge on any atom is -0.496 e. The molecule has 1 aromatic rings. The number of ether oxygens (including phenoxy) is 3. The topological polar surface area (TPSA) is 48.1 Å². The number of benzene rings is 1. The highest BCUT2D eigenvalue weighted by Crippen LogP contribution is 2.54. The number of hydrogen-bond donors (Lipinski definition) is 0. The quantitative estimate of drug-likeness (QED) is 0.478. The van der Waals surface area contributed by atoms with E-state index >= 15 is 0 Å². The van der Waals surface area contributed by atoms with E-state index in [9.17, 15) is 4.79 Å². The molecule has 0 bridgehead atoms. The van der Waals surface area contributed by atoms with Gasteiger partial charge in [0.2, 0.25) is 0 Å². The van der Waals surface area contributed by atoms with Crippen LogP contribution < -0.4 is 4.74 Å². The standard InChI is InChI=1S/C13H15ClO4/c1-12(13(14,18-12)11(15)17-3)8-9-6-4-5-7-10(9)16-2/h4-7H,8H2,1-3H3. The minimum atomic E-state index is -1.39. The molecule has 1 heterocycles. The van der Waals surface area contributed by atoms with Crippen LogP contribution in [0, 0.1) is 0 Å². The Balaban J connectivity index is 2.19.